The molecule has 0 N–H and O–H groups in total. The Kier molecular flexibility index (Phi) is 3.35. The molecule has 0 atom stereocenters. The first-order chi connectivity index (χ1) is 7.92. The van der Waals surface area contributed by atoms with Gasteiger partial charge < -0.3 is 4.74 Å². The van der Waals surface area contributed by atoms with Crippen LogP contribution in [-0.2, 0) is 0 Å². The minimum absolute atomic E-state index is 0.526. The van der Waals surface area contributed by atoms with Crippen molar-refractivity contribution in [3.8, 4) is 11.8 Å². The van der Waals surface area contributed by atoms with E-state index in [2.05, 4.69) is 11.1 Å². The first-order valence-corrected chi connectivity index (χ1v) is 5.25. The molecular formula is C13H12N2O. The van der Waals surface area contributed by atoms with Gasteiger partial charge in [0.2, 0.25) is 0 Å². The van der Waals surface area contributed by atoms with E-state index in [4.69, 9.17) is 10.00 Å². The summed E-state index contributed by atoms with van der Waals surface area (Å²) < 4.78 is 5.61. The molecular weight excluding hydrogens is 200 g/mol. The number of hydrogen-bond acceptors (Lipinski definition) is 3. The fourth-order valence-corrected chi connectivity index (χ4v) is 1.53. The smallest absolute Gasteiger partial charge is 0.145 e. The van der Waals surface area contributed by atoms with Crippen molar-refractivity contribution in [3.63, 3.8) is 0 Å². The van der Waals surface area contributed by atoms with Crippen molar-refractivity contribution in [2.45, 2.75) is 12.8 Å². The van der Waals surface area contributed by atoms with E-state index in [-0.39, 0.29) is 0 Å². The summed E-state index contributed by atoms with van der Waals surface area (Å²) in [7, 11) is 0. The zero-order valence-corrected chi connectivity index (χ0v) is 8.89. The summed E-state index contributed by atoms with van der Waals surface area (Å²) in [5, 5.41) is 9.49. The van der Waals surface area contributed by atoms with E-state index < -0.39 is 0 Å². The maximum absolute atomic E-state index is 8.42. The van der Waals surface area contributed by atoms with Gasteiger partial charge in [0.25, 0.3) is 0 Å². The zero-order chi connectivity index (χ0) is 11.2. The molecule has 0 amide bonds. The molecule has 0 bridgehead atoms. The van der Waals surface area contributed by atoms with Crippen LogP contribution < -0.4 is 4.74 Å². The fourth-order valence-electron chi connectivity index (χ4n) is 1.53. The number of benzene rings is 1. The lowest BCUT2D eigenvalue weighted by molar-refractivity contribution is 0.316. The Labute approximate surface area is 94.3 Å². The SMILES string of the molecule is N#CCCCOc1cccc2cccnc12. The largest absolute Gasteiger partial charge is 0.491 e. The van der Waals surface area contributed by atoms with Crippen molar-refractivity contribution in [1.82, 2.24) is 4.98 Å². The molecule has 1 aromatic carbocycles. The number of unbranched alkanes of at least 4 members (excludes halogenated alkanes) is 1. The normalized spacial score (nSPS) is 9.94. The topological polar surface area (TPSA) is 45.9 Å². The molecule has 2 rings (SSSR count). The minimum Gasteiger partial charge on any atom is -0.491 e. The Morgan fingerprint density at radius 2 is 2.12 bits per heavy atom. The summed E-state index contributed by atoms with van der Waals surface area (Å²) >= 11 is 0. The Morgan fingerprint density at radius 1 is 1.25 bits per heavy atom. The first-order valence-electron chi connectivity index (χ1n) is 5.25. The lowest BCUT2D eigenvalue weighted by Crippen LogP contribution is -1.97. The second-order valence-corrected chi connectivity index (χ2v) is 3.44. The number of aromatic nitrogens is 1. The first kappa shape index (κ1) is 10.4. The molecule has 0 aliphatic carbocycles. The van der Waals surface area contributed by atoms with E-state index in [9.17, 15) is 0 Å². The Bertz CT molecular complexity index is 511. The van der Waals surface area contributed by atoms with Crippen LogP contribution in [0.3, 0.4) is 0 Å². The molecule has 16 heavy (non-hydrogen) atoms. The van der Waals surface area contributed by atoms with Crippen molar-refractivity contribution in [3.05, 3.63) is 36.5 Å². The van der Waals surface area contributed by atoms with Crippen LogP contribution in [0, 0.1) is 11.3 Å². The highest BCUT2D eigenvalue weighted by atomic mass is 16.5. The molecule has 0 fully saturated rings. The number of pyridine rings is 1. The lowest BCUT2D eigenvalue weighted by atomic mass is 10.2. The van der Waals surface area contributed by atoms with Gasteiger partial charge in [-0.05, 0) is 18.6 Å². The summed E-state index contributed by atoms with van der Waals surface area (Å²) in [5.41, 5.74) is 0.877. The van der Waals surface area contributed by atoms with Crippen LogP contribution >= 0.6 is 0 Å². The molecule has 0 unspecified atom stereocenters. The third kappa shape index (κ3) is 2.29. The minimum atomic E-state index is 0.526. The summed E-state index contributed by atoms with van der Waals surface area (Å²) in [6.45, 7) is 0.559. The molecule has 0 spiro atoms. The maximum atomic E-state index is 8.42. The van der Waals surface area contributed by atoms with Crippen LogP contribution in [0.25, 0.3) is 10.9 Å². The third-order valence-electron chi connectivity index (χ3n) is 2.29. The maximum Gasteiger partial charge on any atom is 0.145 e. The number of para-hydroxylation sites is 1. The lowest BCUT2D eigenvalue weighted by Gasteiger charge is -2.07. The summed E-state index contributed by atoms with van der Waals surface area (Å²) in [4.78, 5) is 4.29. The summed E-state index contributed by atoms with van der Waals surface area (Å²) in [6, 6.07) is 11.9. The molecule has 0 saturated heterocycles. The van der Waals surface area contributed by atoms with Gasteiger partial charge in [-0.25, -0.2) is 0 Å². The van der Waals surface area contributed by atoms with Crippen molar-refractivity contribution in [1.29, 1.82) is 5.26 Å². The predicted octanol–water partition coefficient (Wildman–Crippen LogP) is 2.92. The van der Waals surface area contributed by atoms with E-state index in [1.807, 2.05) is 30.3 Å². The van der Waals surface area contributed by atoms with Crippen LogP contribution in [0.15, 0.2) is 36.5 Å². The van der Waals surface area contributed by atoms with Gasteiger partial charge in [0.05, 0.1) is 12.7 Å². The molecule has 3 heteroatoms. The predicted molar refractivity (Wildman–Crippen MR) is 62.1 cm³/mol. The van der Waals surface area contributed by atoms with Gasteiger partial charge in [-0.2, -0.15) is 5.26 Å². The molecule has 0 aliphatic heterocycles. The van der Waals surface area contributed by atoms with Crippen LogP contribution in [0.4, 0.5) is 0 Å². The van der Waals surface area contributed by atoms with Crippen LogP contribution in [-0.4, -0.2) is 11.6 Å². The van der Waals surface area contributed by atoms with Gasteiger partial charge in [0, 0.05) is 18.0 Å². The molecule has 2 aromatic rings. The summed E-state index contributed by atoms with van der Waals surface area (Å²) in [6.07, 6.45) is 3.03. The highest BCUT2D eigenvalue weighted by Crippen LogP contribution is 2.22. The van der Waals surface area contributed by atoms with Crippen molar-refractivity contribution < 1.29 is 4.74 Å². The standard InChI is InChI=1S/C13H12N2O/c14-8-1-2-10-16-12-7-3-5-11-6-4-9-15-13(11)12/h3-7,9H,1-2,10H2. The van der Waals surface area contributed by atoms with E-state index in [1.165, 1.54) is 0 Å². The van der Waals surface area contributed by atoms with Gasteiger partial charge in [-0.3, -0.25) is 4.98 Å². The Balaban J connectivity index is 2.15. The number of rotatable bonds is 4. The van der Waals surface area contributed by atoms with Gasteiger partial charge in [-0.15, -0.1) is 0 Å². The highest BCUT2D eigenvalue weighted by molar-refractivity contribution is 5.84. The molecule has 1 aromatic heterocycles. The average molecular weight is 212 g/mol. The number of nitrogens with zero attached hydrogens (tertiary/aromatic N) is 2. The number of fused-ring (bicyclic) bond motifs is 1. The Hall–Kier alpha value is -2.08. The average Bonchev–Trinajstić information content (AvgIpc) is 2.35. The second kappa shape index (κ2) is 5.13. The van der Waals surface area contributed by atoms with Crippen molar-refractivity contribution >= 4 is 10.9 Å². The van der Waals surface area contributed by atoms with Crippen molar-refractivity contribution in [2.75, 3.05) is 6.61 Å². The van der Waals surface area contributed by atoms with Crippen LogP contribution in [0.5, 0.6) is 5.75 Å². The molecule has 0 radical (unpaired) electrons. The van der Waals surface area contributed by atoms with E-state index in [0.717, 1.165) is 23.1 Å². The van der Waals surface area contributed by atoms with Crippen molar-refractivity contribution in [2.24, 2.45) is 0 Å². The Morgan fingerprint density at radius 3 is 3.00 bits per heavy atom. The molecule has 0 saturated carbocycles. The zero-order valence-electron chi connectivity index (χ0n) is 8.89. The number of nitriles is 1. The molecule has 3 nitrogen and oxygen atoms in total. The number of ether oxygens (including phenoxy) is 1. The monoisotopic (exact) mass is 212 g/mol. The van der Waals surface area contributed by atoms with Crippen LogP contribution in [0.2, 0.25) is 0 Å². The van der Waals surface area contributed by atoms with Gasteiger partial charge in [0.1, 0.15) is 11.3 Å². The third-order valence-corrected chi connectivity index (χ3v) is 2.29. The van der Waals surface area contributed by atoms with Gasteiger partial charge in [0.15, 0.2) is 0 Å². The molecule has 1 heterocycles. The fraction of sp³-hybridized carbons (Fsp3) is 0.231. The van der Waals surface area contributed by atoms with Gasteiger partial charge in [-0.1, -0.05) is 18.2 Å². The summed E-state index contributed by atoms with van der Waals surface area (Å²) in [5.74, 6) is 0.788. The highest BCUT2D eigenvalue weighted by Gasteiger charge is 2.01. The van der Waals surface area contributed by atoms with E-state index >= 15 is 0 Å². The van der Waals surface area contributed by atoms with Crippen LogP contribution in [0.1, 0.15) is 12.8 Å². The molecule has 0 aliphatic rings. The van der Waals surface area contributed by atoms with E-state index in [0.29, 0.717) is 13.0 Å². The van der Waals surface area contributed by atoms with Gasteiger partial charge >= 0.3 is 0 Å². The molecule has 80 valence electrons. The quantitative estimate of drug-likeness (QED) is 0.732. The van der Waals surface area contributed by atoms with E-state index in [1.54, 1.807) is 6.20 Å². The number of hydrogen-bond donors (Lipinski definition) is 0. The second-order valence-electron chi connectivity index (χ2n) is 3.44.